The van der Waals surface area contributed by atoms with Gasteiger partial charge in [0, 0.05) is 30.5 Å². The Kier molecular flexibility index (Phi) is 4.59. The third-order valence-corrected chi connectivity index (χ3v) is 5.99. The first-order valence-electron chi connectivity index (χ1n) is 11.0. The van der Waals surface area contributed by atoms with E-state index in [2.05, 4.69) is 25.5 Å². The zero-order valence-electron chi connectivity index (χ0n) is 17.5. The molecule has 0 bridgehead atoms. The van der Waals surface area contributed by atoms with E-state index >= 15 is 0 Å². The summed E-state index contributed by atoms with van der Waals surface area (Å²) in [5.74, 6) is 1.10. The lowest BCUT2D eigenvalue weighted by atomic mass is 10.1. The summed E-state index contributed by atoms with van der Waals surface area (Å²) < 4.78 is 5.66. The number of amides is 1. The lowest BCUT2D eigenvalue weighted by Gasteiger charge is -2.24. The number of nitrogens with one attached hydrogen (secondary N) is 2. The van der Waals surface area contributed by atoms with Crippen LogP contribution in [-0.4, -0.2) is 45.7 Å². The van der Waals surface area contributed by atoms with Crippen LogP contribution in [0.5, 0.6) is 0 Å². The molecule has 5 heterocycles. The number of carbonyl (C=O) groups is 1. The van der Waals surface area contributed by atoms with E-state index in [9.17, 15) is 4.79 Å². The quantitative estimate of drug-likeness (QED) is 0.620. The van der Waals surface area contributed by atoms with Gasteiger partial charge in [0.15, 0.2) is 11.4 Å². The second-order valence-electron chi connectivity index (χ2n) is 8.36. The Morgan fingerprint density at radius 3 is 2.94 bits per heavy atom. The minimum Gasteiger partial charge on any atom is -0.459 e. The fourth-order valence-corrected chi connectivity index (χ4v) is 4.23. The van der Waals surface area contributed by atoms with Crippen LogP contribution in [0.3, 0.4) is 0 Å². The van der Waals surface area contributed by atoms with Crippen molar-refractivity contribution in [1.82, 2.24) is 20.3 Å². The number of anilines is 2. The molecule has 3 aromatic rings. The van der Waals surface area contributed by atoms with Gasteiger partial charge < -0.3 is 20.0 Å². The fraction of sp³-hybridized carbons (Fsp3) is 0.348. The van der Waals surface area contributed by atoms with E-state index in [1.54, 1.807) is 12.3 Å². The maximum Gasteiger partial charge on any atom is 0.269 e. The summed E-state index contributed by atoms with van der Waals surface area (Å²) in [6, 6.07) is 8.26. The van der Waals surface area contributed by atoms with Crippen molar-refractivity contribution < 1.29 is 9.21 Å². The molecule has 1 amide bonds. The van der Waals surface area contributed by atoms with Gasteiger partial charge in [-0.15, -0.1) is 0 Å². The van der Waals surface area contributed by atoms with Crippen LogP contribution in [0.1, 0.15) is 37.4 Å². The number of nitrogens with zero attached hydrogens (tertiary/aromatic N) is 5. The number of fused-ring (bicyclic) bond motifs is 1. The number of rotatable bonds is 6. The fourth-order valence-electron chi connectivity index (χ4n) is 4.23. The zero-order valence-corrected chi connectivity index (χ0v) is 17.5. The van der Waals surface area contributed by atoms with E-state index in [0.717, 1.165) is 49.1 Å². The van der Waals surface area contributed by atoms with Gasteiger partial charge in [0.2, 0.25) is 5.95 Å². The number of carbonyl (C=O) groups excluding carboxylic acids is 1. The maximum absolute atomic E-state index is 12.3. The lowest BCUT2D eigenvalue weighted by molar-refractivity contribution is -0.114. The lowest BCUT2D eigenvalue weighted by Crippen LogP contribution is -2.31. The summed E-state index contributed by atoms with van der Waals surface area (Å²) in [6.45, 7) is 1.26. The Bertz CT molecular complexity index is 1230. The molecule has 162 valence electrons. The standard InChI is InChI=1S/C23H23N7O2/c31-22(27-14-6-7-14)18-12-15(13-25-18)26-21-20-17(8-11-32-20)28-23(29-21)30-10-3-5-19(30)16-4-1-2-9-24-16/h1-2,4,8-9,11-12,14,19H,3,5-7,10,13H2,(H,27,31)(H,26,28,29). The van der Waals surface area contributed by atoms with Crippen LogP contribution in [0.4, 0.5) is 11.8 Å². The van der Waals surface area contributed by atoms with Crippen molar-refractivity contribution in [3.8, 4) is 0 Å². The molecule has 2 aliphatic heterocycles. The molecule has 3 aromatic heterocycles. The van der Waals surface area contributed by atoms with Gasteiger partial charge in [0.05, 0.1) is 24.5 Å². The van der Waals surface area contributed by atoms with E-state index in [-0.39, 0.29) is 11.9 Å². The van der Waals surface area contributed by atoms with E-state index < -0.39 is 0 Å². The summed E-state index contributed by atoms with van der Waals surface area (Å²) in [4.78, 5) is 33.0. The minimum absolute atomic E-state index is 0.119. The molecular weight excluding hydrogens is 406 g/mol. The molecule has 1 unspecified atom stereocenters. The summed E-state index contributed by atoms with van der Waals surface area (Å²) >= 11 is 0. The smallest absolute Gasteiger partial charge is 0.269 e. The van der Waals surface area contributed by atoms with E-state index in [0.29, 0.717) is 35.6 Å². The third-order valence-electron chi connectivity index (χ3n) is 5.99. The van der Waals surface area contributed by atoms with Crippen LogP contribution >= 0.6 is 0 Å². The number of furan rings is 1. The van der Waals surface area contributed by atoms with Gasteiger partial charge in [-0.25, -0.2) is 4.98 Å². The number of aliphatic imine (C=N–C) groups is 1. The average Bonchev–Trinajstić information content (AvgIpc) is 3.23. The maximum atomic E-state index is 12.3. The molecule has 32 heavy (non-hydrogen) atoms. The Morgan fingerprint density at radius 2 is 2.09 bits per heavy atom. The summed E-state index contributed by atoms with van der Waals surface area (Å²) in [7, 11) is 0. The zero-order chi connectivity index (χ0) is 21.5. The van der Waals surface area contributed by atoms with Crippen LogP contribution in [0.25, 0.3) is 11.1 Å². The normalized spacial score (nSPS) is 20.4. The molecule has 1 atom stereocenters. The van der Waals surface area contributed by atoms with Gasteiger partial charge in [-0.05, 0) is 43.9 Å². The van der Waals surface area contributed by atoms with Crippen molar-refractivity contribution in [3.05, 3.63) is 54.2 Å². The molecule has 0 spiro atoms. The molecule has 2 N–H and O–H groups in total. The topological polar surface area (TPSA) is 109 Å². The molecular formula is C23H23N7O2. The molecule has 2 fully saturated rings. The highest BCUT2D eigenvalue weighted by Gasteiger charge is 2.30. The Hall–Kier alpha value is -3.75. The van der Waals surface area contributed by atoms with Gasteiger partial charge in [-0.2, -0.15) is 4.98 Å². The molecule has 1 saturated carbocycles. The van der Waals surface area contributed by atoms with Crippen molar-refractivity contribution in [2.45, 2.75) is 37.8 Å². The summed E-state index contributed by atoms with van der Waals surface area (Å²) in [5, 5.41) is 6.30. The van der Waals surface area contributed by atoms with E-state index in [4.69, 9.17) is 14.4 Å². The first-order chi connectivity index (χ1) is 15.7. The van der Waals surface area contributed by atoms with E-state index in [1.165, 1.54) is 0 Å². The third kappa shape index (κ3) is 3.59. The Morgan fingerprint density at radius 1 is 1.16 bits per heavy atom. The van der Waals surface area contributed by atoms with Crippen molar-refractivity contribution in [1.29, 1.82) is 0 Å². The second kappa shape index (κ2) is 7.74. The van der Waals surface area contributed by atoms with Gasteiger partial charge in [0.25, 0.3) is 5.91 Å². The molecule has 1 aliphatic carbocycles. The Balaban J connectivity index is 1.28. The van der Waals surface area contributed by atoms with Crippen LogP contribution in [-0.2, 0) is 4.79 Å². The van der Waals surface area contributed by atoms with Gasteiger partial charge in [-0.1, -0.05) is 6.07 Å². The predicted molar refractivity (Wildman–Crippen MR) is 121 cm³/mol. The highest BCUT2D eigenvalue weighted by molar-refractivity contribution is 6.44. The highest BCUT2D eigenvalue weighted by Crippen LogP contribution is 2.35. The van der Waals surface area contributed by atoms with Crippen molar-refractivity contribution in [2.75, 3.05) is 23.3 Å². The monoisotopic (exact) mass is 429 g/mol. The number of hydrogen-bond donors (Lipinski definition) is 2. The number of pyridine rings is 1. The van der Waals surface area contributed by atoms with Crippen molar-refractivity contribution in [2.24, 2.45) is 4.99 Å². The summed E-state index contributed by atoms with van der Waals surface area (Å²) in [6.07, 6.45) is 9.36. The second-order valence-corrected chi connectivity index (χ2v) is 8.36. The van der Waals surface area contributed by atoms with Gasteiger partial charge in [-0.3, -0.25) is 14.8 Å². The van der Waals surface area contributed by atoms with Crippen LogP contribution in [0.15, 0.2) is 57.9 Å². The number of aromatic nitrogens is 3. The van der Waals surface area contributed by atoms with E-state index in [1.807, 2.05) is 30.5 Å². The largest absolute Gasteiger partial charge is 0.459 e. The van der Waals surface area contributed by atoms with Crippen molar-refractivity contribution in [3.63, 3.8) is 0 Å². The van der Waals surface area contributed by atoms with Crippen molar-refractivity contribution >= 4 is 34.5 Å². The predicted octanol–water partition coefficient (Wildman–Crippen LogP) is 2.99. The minimum atomic E-state index is -0.119. The molecule has 6 rings (SSSR count). The van der Waals surface area contributed by atoms with Crippen LogP contribution in [0, 0.1) is 0 Å². The first-order valence-corrected chi connectivity index (χ1v) is 11.0. The highest BCUT2D eigenvalue weighted by atomic mass is 16.3. The van der Waals surface area contributed by atoms with Crippen LogP contribution in [0.2, 0.25) is 0 Å². The molecule has 0 aromatic carbocycles. The average molecular weight is 429 g/mol. The molecule has 9 nitrogen and oxygen atoms in total. The SMILES string of the molecule is O=C(NC1CC1)C1=NCC(Nc2nc(N3CCCC3c3ccccn3)nc3ccoc23)=C1. The molecule has 0 radical (unpaired) electrons. The molecule has 3 aliphatic rings. The summed E-state index contributed by atoms with van der Waals surface area (Å²) in [5.41, 5.74) is 3.58. The molecule has 9 heteroatoms. The van der Waals surface area contributed by atoms with Gasteiger partial charge in [0.1, 0.15) is 11.2 Å². The molecule has 1 saturated heterocycles. The van der Waals surface area contributed by atoms with Crippen LogP contribution < -0.4 is 15.5 Å². The number of hydrogen-bond acceptors (Lipinski definition) is 8. The first kappa shape index (κ1) is 19.0. The van der Waals surface area contributed by atoms with Gasteiger partial charge >= 0.3 is 0 Å². The Labute approximate surface area is 184 Å².